The Labute approximate surface area is 160 Å². The van der Waals surface area contributed by atoms with Crippen molar-refractivity contribution >= 4 is 46.1 Å². The van der Waals surface area contributed by atoms with E-state index in [0.29, 0.717) is 16.5 Å². The number of carboxylic acids is 1. The van der Waals surface area contributed by atoms with Crippen LogP contribution in [0, 0.1) is 0 Å². The van der Waals surface area contributed by atoms with Crippen LogP contribution in [-0.4, -0.2) is 45.3 Å². The maximum absolute atomic E-state index is 12.6. The Kier molecular flexibility index (Phi) is 5.56. The predicted octanol–water partition coefficient (Wildman–Crippen LogP) is 2.97. The summed E-state index contributed by atoms with van der Waals surface area (Å²) in [4.78, 5) is 41.6. The van der Waals surface area contributed by atoms with Crippen LogP contribution < -0.4 is 5.32 Å². The van der Waals surface area contributed by atoms with Gasteiger partial charge in [0.25, 0.3) is 0 Å². The standard InChI is InChI=1S/C19H17N3O4S/c1-22-16(23)11-15(27-19(22)21-13-5-3-2-4-6-13)17(24)20-14-9-7-12(8-10-14)18(25)26/h2-10,15H,11H2,1H3,(H,20,24)(H,25,26). The maximum atomic E-state index is 12.6. The van der Waals surface area contributed by atoms with Gasteiger partial charge >= 0.3 is 5.97 Å². The Morgan fingerprint density at radius 2 is 1.81 bits per heavy atom. The summed E-state index contributed by atoms with van der Waals surface area (Å²) in [7, 11) is 1.63. The molecule has 0 spiro atoms. The summed E-state index contributed by atoms with van der Waals surface area (Å²) < 4.78 is 0. The number of benzene rings is 2. The number of amidine groups is 1. The highest BCUT2D eigenvalue weighted by molar-refractivity contribution is 8.15. The lowest BCUT2D eigenvalue weighted by molar-refractivity contribution is -0.128. The molecule has 2 aromatic carbocycles. The Bertz CT molecular complexity index is 897. The van der Waals surface area contributed by atoms with Gasteiger partial charge in [0.05, 0.1) is 11.3 Å². The summed E-state index contributed by atoms with van der Waals surface area (Å²) in [5, 5.41) is 11.5. The fourth-order valence-corrected chi connectivity index (χ4v) is 3.49. The molecule has 0 aliphatic carbocycles. The van der Waals surface area contributed by atoms with Crippen LogP contribution in [0.15, 0.2) is 59.6 Å². The van der Waals surface area contributed by atoms with Gasteiger partial charge < -0.3 is 10.4 Å². The van der Waals surface area contributed by atoms with Crippen LogP contribution in [0.4, 0.5) is 11.4 Å². The fourth-order valence-electron chi connectivity index (χ4n) is 2.43. The number of carbonyl (C=O) groups excluding carboxylic acids is 2. The van der Waals surface area contributed by atoms with Crippen molar-refractivity contribution in [3.05, 3.63) is 60.2 Å². The van der Waals surface area contributed by atoms with Crippen molar-refractivity contribution in [2.75, 3.05) is 12.4 Å². The minimum Gasteiger partial charge on any atom is -0.478 e. The Morgan fingerprint density at radius 1 is 1.15 bits per heavy atom. The van der Waals surface area contributed by atoms with E-state index < -0.39 is 11.2 Å². The largest absolute Gasteiger partial charge is 0.478 e. The molecular weight excluding hydrogens is 366 g/mol. The number of anilines is 1. The first kappa shape index (κ1) is 18.7. The fraction of sp³-hybridized carbons (Fsp3) is 0.158. The number of hydrogen-bond acceptors (Lipinski definition) is 5. The van der Waals surface area contributed by atoms with E-state index in [1.807, 2.05) is 30.3 Å². The summed E-state index contributed by atoms with van der Waals surface area (Å²) in [6.45, 7) is 0. The Morgan fingerprint density at radius 3 is 2.44 bits per heavy atom. The minimum absolute atomic E-state index is 0.0635. The molecule has 138 valence electrons. The summed E-state index contributed by atoms with van der Waals surface area (Å²) in [5.41, 5.74) is 1.30. The zero-order valence-corrected chi connectivity index (χ0v) is 15.3. The second kappa shape index (κ2) is 8.05. The molecule has 1 aliphatic heterocycles. The molecule has 2 aromatic rings. The van der Waals surface area contributed by atoms with Gasteiger partial charge in [-0.2, -0.15) is 0 Å². The van der Waals surface area contributed by atoms with Gasteiger partial charge in [-0.3, -0.25) is 14.5 Å². The molecule has 0 saturated carbocycles. The SMILES string of the molecule is CN1C(=O)CC(C(=O)Nc2ccc(C(=O)O)cc2)SC1=Nc1ccccc1. The van der Waals surface area contributed by atoms with Gasteiger partial charge in [-0.05, 0) is 36.4 Å². The number of carbonyl (C=O) groups is 3. The third-order valence-electron chi connectivity index (χ3n) is 3.94. The van der Waals surface area contributed by atoms with E-state index in [2.05, 4.69) is 10.3 Å². The van der Waals surface area contributed by atoms with Crippen LogP contribution in [0.3, 0.4) is 0 Å². The highest BCUT2D eigenvalue weighted by Crippen LogP contribution is 2.28. The number of hydrogen-bond donors (Lipinski definition) is 2. The molecule has 1 fully saturated rings. The second-order valence-corrected chi connectivity index (χ2v) is 7.03. The van der Waals surface area contributed by atoms with Gasteiger partial charge in [0.2, 0.25) is 11.8 Å². The van der Waals surface area contributed by atoms with Crippen molar-refractivity contribution in [1.82, 2.24) is 4.90 Å². The molecule has 0 aromatic heterocycles. The molecule has 1 atom stereocenters. The normalized spacial score (nSPS) is 18.4. The van der Waals surface area contributed by atoms with Crippen molar-refractivity contribution in [2.45, 2.75) is 11.7 Å². The molecule has 1 heterocycles. The number of nitrogens with zero attached hydrogens (tertiary/aromatic N) is 2. The number of aromatic carboxylic acids is 1. The number of carboxylic acid groups (broad SMARTS) is 1. The number of aliphatic imine (C=N–C) groups is 1. The summed E-state index contributed by atoms with van der Waals surface area (Å²) in [5.74, 6) is -1.55. The third kappa shape index (κ3) is 4.53. The summed E-state index contributed by atoms with van der Waals surface area (Å²) in [6, 6.07) is 15.1. The quantitative estimate of drug-likeness (QED) is 0.846. The molecule has 27 heavy (non-hydrogen) atoms. The van der Waals surface area contributed by atoms with Gasteiger partial charge in [-0.25, -0.2) is 9.79 Å². The lowest BCUT2D eigenvalue weighted by Gasteiger charge is -2.28. The lowest BCUT2D eigenvalue weighted by Crippen LogP contribution is -2.43. The molecule has 0 bridgehead atoms. The third-order valence-corrected chi connectivity index (χ3v) is 5.18. The Balaban J connectivity index is 1.73. The van der Waals surface area contributed by atoms with E-state index in [1.165, 1.54) is 40.9 Å². The van der Waals surface area contributed by atoms with Crippen LogP contribution >= 0.6 is 11.8 Å². The summed E-state index contributed by atoms with van der Waals surface area (Å²) in [6.07, 6.45) is 0.0635. The molecular formula is C19H17N3O4S. The van der Waals surface area contributed by atoms with Crippen LogP contribution in [0.25, 0.3) is 0 Å². The average molecular weight is 383 g/mol. The first-order chi connectivity index (χ1) is 12.9. The van der Waals surface area contributed by atoms with Crippen LogP contribution in [-0.2, 0) is 9.59 Å². The van der Waals surface area contributed by atoms with E-state index in [-0.39, 0.29) is 23.8 Å². The van der Waals surface area contributed by atoms with Crippen molar-refractivity contribution < 1.29 is 19.5 Å². The highest BCUT2D eigenvalue weighted by Gasteiger charge is 2.34. The van der Waals surface area contributed by atoms with Gasteiger partial charge in [0, 0.05) is 19.2 Å². The van der Waals surface area contributed by atoms with E-state index in [4.69, 9.17) is 5.11 Å². The van der Waals surface area contributed by atoms with Crippen LogP contribution in [0.2, 0.25) is 0 Å². The van der Waals surface area contributed by atoms with E-state index in [0.717, 1.165) is 0 Å². The van der Waals surface area contributed by atoms with E-state index in [9.17, 15) is 14.4 Å². The molecule has 8 heteroatoms. The van der Waals surface area contributed by atoms with Gasteiger partial charge in [0.15, 0.2) is 5.17 Å². The average Bonchev–Trinajstić information content (AvgIpc) is 2.66. The lowest BCUT2D eigenvalue weighted by atomic mass is 10.2. The molecule has 2 N–H and O–H groups in total. The van der Waals surface area contributed by atoms with Crippen molar-refractivity contribution in [1.29, 1.82) is 0 Å². The van der Waals surface area contributed by atoms with Crippen LogP contribution in [0.5, 0.6) is 0 Å². The molecule has 1 saturated heterocycles. The first-order valence-electron chi connectivity index (χ1n) is 8.15. The number of amides is 2. The smallest absolute Gasteiger partial charge is 0.335 e. The highest BCUT2D eigenvalue weighted by atomic mass is 32.2. The predicted molar refractivity (Wildman–Crippen MR) is 104 cm³/mol. The maximum Gasteiger partial charge on any atom is 0.335 e. The molecule has 0 radical (unpaired) electrons. The first-order valence-corrected chi connectivity index (χ1v) is 9.03. The monoisotopic (exact) mass is 383 g/mol. The topological polar surface area (TPSA) is 99.1 Å². The van der Waals surface area contributed by atoms with Crippen molar-refractivity contribution in [3.8, 4) is 0 Å². The van der Waals surface area contributed by atoms with Gasteiger partial charge in [0.1, 0.15) is 5.25 Å². The van der Waals surface area contributed by atoms with E-state index >= 15 is 0 Å². The molecule has 7 nitrogen and oxygen atoms in total. The molecule has 1 unspecified atom stereocenters. The zero-order valence-electron chi connectivity index (χ0n) is 14.5. The van der Waals surface area contributed by atoms with Crippen molar-refractivity contribution in [3.63, 3.8) is 0 Å². The van der Waals surface area contributed by atoms with Crippen LogP contribution in [0.1, 0.15) is 16.8 Å². The molecule has 3 rings (SSSR count). The second-order valence-electron chi connectivity index (χ2n) is 5.87. The number of thioether (sulfide) groups is 1. The molecule has 2 amide bonds. The number of nitrogens with one attached hydrogen (secondary N) is 1. The van der Waals surface area contributed by atoms with E-state index in [1.54, 1.807) is 7.05 Å². The summed E-state index contributed by atoms with van der Waals surface area (Å²) >= 11 is 1.22. The number of para-hydroxylation sites is 1. The van der Waals surface area contributed by atoms with Crippen molar-refractivity contribution in [2.24, 2.45) is 4.99 Å². The Hall–Kier alpha value is -3.13. The molecule has 1 aliphatic rings. The number of rotatable bonds is 4. The van der Waals surface area contributed by atoms with Gasteiger partial charge in [-0.1, -0.05) is 30.0 Å². The van der Waals surface area contributed by atoms with Gasteiger partial charge in [-0.15, -0.1) is 0 Å². The zero-order chi connectivity index (χ0) is 19.4. The minimum atomic E-state index is -1.04.